The van der Waals surface area contributed by atoms with Gasteiger partial charge in [0.25, 0.3) is 5.91 Å². The van der Waals surface area contributed by atoms with Gasteiger partial charge in [0.1, 0.15) is 5.69 Å². The molecule has 3 rings (SSSR count). The Morgan fingerprint density at radius 3 is 2.79 bits per heavy atom. The lowest BCUT2D eigenvalue weighted by Gasteiger charge is -2.11. The van der Waals surface area contributed by atoms with Gasteiger partial charge in [0.2, 0.25) is 5.88 Å². The molecule has 2 aromatic heterocycles. The zero-order valence-electron chi connectivity index (χ0n) is 13.1. The molecule has 1 atom stereocenters. The molecule has 124 valence electrons. The number of carbonyl (C=O) groups excluding carboxylic acids is 2. The molecule has 3 aromatic rings. The number of para-hydroxylation sites is 1. The largest absolute Gasteiger partial charge is 0.452 e. The third kappa shape index (κ3) is 3.43. The Labute approximate surface area is 136 Å². The van der Waals surface area contributed by atoms with Crippen molar-refractivity contribution in [1.29, 1.82) is 0 Å². The summed E-state index contributed by atoms with van der Waals surface area (Å²) >= 11 is 0. The number of benzene rings is 1. The van der Waals surface area contributed by atoms with Crippen molar-refractivity contribution in [1.82, 2.24) is 10.3 Å². The summed E-state index contributed by atoms with van der Waals surface area (Å²) in [5.74, 6) is -0.891. The highest BCUT2D eigenvalue weighted by Crippen LogP contribution is 2.18. The number of aromatic nitrogens is 2. The molecule has 8 heteroatoms. The van der Waals surface area contributed by atoms with E-state index in [0.29, 0.717) is 17.0 Å². The third-order valence-electron chi connectivity index (χ3n) is 3.32. The quantitative estimate of drug-likeness (QED) is 0.715. The molecule has 1 aromatic carbocycles. The standard InChI is InChI=1S/C16H15N3O5/c1-9-7-14(24-18-9)17-16(21)10(2)22-15(20)8-12-11-5-3-4-6-13(11)23-19-12/h3-7,10H,8H2,1-2H3,(H,17,21)/t10-/m0/s1. The van der Waals surface area contributed by atoms with Gasteiger partial charge >= 0.3 is 5.97 Å². The smallest absolute Gasteiger partial charge is 0.312 e. The molecule has 0 aliphatic heterocycles. The average Bonchev–Trinajstić information content (AvgIpc) is 3.14. The molecule has 0 saturated heterocycles. The summed E-state index contributed by atoms with van der Waals surface area (Å²) < 4.78 is 15.1. The van der Waals surface area contributed by atoms with Gasteiger partial charge in [-0.3, -0.25) is 14.9 Å². The van der Waals surface area contributed by atoms with E-state index in [1.807, 2.05) is 12.1 Å². The van der Waals surface area contributed by atoms with Crippen LogP contribution >= 0.6 is 0 Å². The highest BCUT2D eigenvalue weighted by molar-refractivity contribution is 5.94. The SMILES string of the molecule is Cc1cc(NC(=O)[C@H](C)OC(=O)Cc2noc3ccccc23)on1. The number of carbonyl (C=O) groups is 2. The number of amides is 1. The second-order valence-corrected chi connectivity index (χ2v) is 5.26. The van der Waals surface area contributed by atoms with Gasteiger partial charge in [-0.2, -0.15) is 0 Å². The van der Waals surface area contributed by atoms with Crippen LogP contribution in [0.15, 0.2) is 39.4 Å². The van der Waals surface area contributed by atoms with E-state index >= 15 is 0 Å². The fourth-order valence-electron chi connectivity index (χ4n) is 2.14. The molecule has 1 N–H and O–H groups in total. The minimum absolute atomic E-state index is 0.0873. The molecular weight excluding hydrogens is 314 g/mol. The minimum atomic E-state index is -0.985. The summed E-state index contributed by atoms with van der Waals surface area (Å²) in [4.78, 5) is 24.0. The Morgan fingerprint density at radius 1 is 1.25 bits per heavy atom. The normalized spacial score (nSPS) is 12.1. The van der Waals surface area contributed by atoms with E-state index in [1.54, 1.807) is 25.1 Å². The third-order valence-corrected chi connectivity index (χ3v) is 3.32. The van der Waals surface area contributed by atoms with Crippen molar-refractivity contribution in [3.8, 4) is 0 Å². The lowest BCUT2D eigenvalue weighted by molar-refractivity contribution is -0.152. The molecule has 0 aliphatic rings. The van der Waals surface area contributed by atoms with E-state index in [0.717, 1.165) is 5.39 Å². The lowest BCUT2D eigenvalue weighted by atomic mass is 10.2. The van der Waals surface area contributed by atoms with Crippen LogP contribution in [0.25, 0.3) is 11.0 Å². The van der Waals surface area contributed by atoms with Gasteiger partial charge in [0, 0.05) is 11.5 Å². The summed E-state index contributed by atoms with van der Waals surface area (Å²) in [5, 5.41) is 10.7. The van der Waals surface area contributed by atoms with Crippen LogP contribution in [0.5, 0.6) is 0 Å². The number of nitrogens with zero attached hydrogens (tertiary/aromatic N) is 2. The molecule has 2 heterocycles. The van der Waals surface area contributed by atoms with Gasteiger partial charge in [-0.25, -0.2) is 0 Å². The van der Waals surface area contributed by atoms with Crippen LogP contribution in [0.3, 0.4) is 0 Å². The first-order chi connectivity index (χ1) is 11.5. The number of aryl methyl sites for hydroxylation is 1. The Kier molecular flexibility index (Phi) is 4.28. The molecule has 0 fully saturated rings. The number of nitrogens with one attached hydrogen (secondary N) is 1. The summed E-state index contributed by atoms with van der Waals surface area (Å²) in [7, 11) is 0. The molecule has 24 heavy (non-hydrogen) atoms. The number of fused-ring (bicyclic) bond motifs is 1. The summed E-state index contributed by atoms with van der Waals surface area (Å²) in [6.45, 7) is 3.20. The molecule has 0 aliphatic carbocycles. The van der Waals surface area contributed by atoms with Gasteiger partial charge in [-0.1, -0.05) is 22.4 Å². The minimum Gasteiger partial charge on any atom is -0.452 e. The van der Waals surface area contributed by atoms with Crippen molar-refractivity contribution >= 4 is 28.7 Å². The molecule has 8 nitrogen and oxygen atoms in total. The Balaban J connectivity index is 1.58. The van der Waals surface area contributed by atoms with Gasteiger partial charge in [-0.15, -0.1) is 0 Å². The number of hydrogen-bond acceptors (Lipinski definition) is 7. The molecule has 0 radical (unpaired) electrons. The van der Waals surface area contributed by atoms with Gasteiger partial charge in [0.05, 0.1) is 12.1 Å². The molecule has 1 amide bonds. The van der Waals surface area contributed by atoms with E-state index in [1.165, 1.54) is 6.92 Å². The Morgan fingerprint density at radius 2 is 2.04 bits per heavy atom. The molecular formula is C16H15N3O5. The molecule has 0 bridgehead atoms. The van der Waals surface area contributed by atoms with Crippen LogP contribution in [0.1, 0.15) is 18.3 Å². The van der Waals surface area contributed by atoms with Crippen LogP contribution in [-0.4, -0.2) is 28.3 Å². The zero-order chi connectivity index (χ0) is 17.1. The van der Waals surface area contributed by atoms with E-state index in [4.69, 9.17) is 13.8 Å². The van der Waals surface area contributed by atoms with E-state index in [9.17, 15) is 9.59 Å². The van der Waals surface area contributed by atoms with E-state index in [2.05, 4.69) is 15.6 Å². The molecule has 0 spiro atoms. The maximum absolute atomic E-state index is 12.0. The van der Waals surface area contributed by atoms with Crippen molar-refractivity contribution in [2.45, 2.75) is 26.4 Å². The van der Waals surface area contributed by atoms with Gasteiger partial charge in [-0.05, 0) is 26.0 Å². The van der Waals surface area contributed by atoms with Crippen LogP contribution in [0, 0.1) is 6.92 Å². The summed E-state index contributed by atoms with van der Waals surface area (Å²) in [6.07, 6.45) is -1.07. The first-order valence-electron chi connectivity index (χ1n) is 7.30. The lowest BCUT2D eigenvalue weighted by Crippen LogP contribution is -2.30. The van der Waals surface area contributed by atoms with Gasteiger partial charge in [0.15, 0.2) is 11.7 Å². The second-order valence-electron chi connectivity index (χ2n) is 5.26. The fourth-order valence-corrected chi connectivity index (χ4v) is 2.14. The predicted octanol–water partition coefficient (Wildman–Crippen LogP) is 2.24. The van der Waals surface area contributed by atoms with Crippen molar-refractivity contribution in [3.05, 3.63) is 41.7 Å². The monoisotopic (exact) mass is 329 g/mol. The summed E-state index contributed by atoms with van der Waals surface area (Å²) in [5.41, 5.74) is 1.69. The average molecular weight is 329 g/mol. The second kappa shape index (κ2) is 6.53. The first kappa shape index (κ1) is 15.7. The number of rotatable bonds is 5. The van der Waals surface area contributed by atoms with E-state index in [-0.39, 0.29) is 12.3 Å². The number of ether oxygens (including phenoxy) is 1. The highest BCUT2D eigenvalue weighted by atomic mass is 16.5. The molecule has 0 unspecified atom stereocenters. The first-order valence-corrected chi connectivity index (χ1v) is 7.30. The van der Waals surface area contributed by atoms with Crippen LogP contribution in [0.2, 0.25) is 0 Å². The summed E-state index contributed by atoms with van der Waals surface area (Å²) in [6, 6.07) is 8.76. The van der Waals surface area contributed by atoms with Crippen molar-refractivity contribution in [3.63, 3.8) is 0 Å². The number of esters is 1. The van der Waals surface area contributed by atoms with Gasteiger partial charge < -0.3 is 13.8 Å². The number of anilines is 1. The zero-order valence-corrected chi connectivity index (χ0v) is 13.1. The Hall–Kier alpha value is -3.16. The number of hydrogen-bond donors (Lipinski definition) is 1. The molecule has 0 saturated carbocycles. The van der Waals surface area contributed by atoms with Crippen molar-refractivity contribution in [2.75, 3.05) is 5.32 Å². The topological polar surface area (TPSA) is 107 Å². The van der Waals surface area contributed by atoms with Crippen LogP contribution in [-0.2, 0) is 20.7 Å². The predicted molar refractivity (Wildman–Crippen MR) is 83.1 cm³/mol. The van der Waals surface area contributed by atoms with Crippen LogP contribution < -0.4 is 5.32 Å². The maximum Gasteiger partial charge on any atom is 0.312 e. The Bertz CT molecular complexity index is 883. The maximum atomic E-state index is 12.0. The highest BCUT2D eigenvalue weighted by Gasteiger charge is 2.21. The van der Waals surface area contributed by atoms with Crippen molar-refractivity contribution in [2.24, 2.45) is 0 Å². The van der Waals surface area contributed by atoms with Crippen LogP contribution in [0.4, 0.5) is 5.88 Å². The fraction of sp³-hybridized carbons (Fsp3) is 0.250. The van der Waals surface area contributed by atoms with Crippen molar-refractivity contribution < 1.29 is 23.4 Å². The van der Waals surface area contributed by atoms with E-state index < -0.39 is 18.0 Å².